The van der Waals surface area contributed by atoms with Crippen LogP contribution in [0, 0.1) is 5.92 Å². The molecular formula is C22H22IN7O. The molecule has 8 nitrogen and oxygen atoms in total. The molecule has 1 saturated heterocycles. The first kappa shape index (κ1) is 20.1. The van der Waals surface area contributed by atoms with E-state index in [1.165, 1.54) is 0 Å². The number of rotatable bonds is 4. The van der Waals surface area contributed by atoms with Crippen LogP contribution in [-0.2, 0) is 11.2 Å². The Bertz CT molecular complexity index is 1090. The van der Waals surface area contributed by atoms with Gasteiger partial charge in [-0.2, -0.15) is 0 Å². The Hall–Kier alpha value is -2.82. The molecule has 2 aliphatic rings. The Balaban J connectivity index is 1.33. The summed E-state index contributed by atoms with van der Waals surface area (Å²) in [6, 6.07) is 9.71. The summed E-state index contributed by atoms with van der Waals surface area (Å²) in [7, 11) is 0. The Morgan fingerprint density at radius 3 is 2.84 bits per heavy atom. The molecule has 5 rings (SSSR count). The summed E-state index contributed by atoms with van der Waals surface area (Å²) in [5.74, 6) is 1.87. The van der Waals surface area contributed by atoms with Gasteiger partial charge in [-0.25, -0.2) is 19.9 Å². The average molecular weight is 527 g/mol. The first-order valence-corrected chi connectivity index (χ1v) is 11.4. The van der Waals surface area contributed by atoms with Crippen LogP contribution in [0.2, 0.25) is 0 Å². The molecule has 2 aromatic heterocycles. The highest BCUT2D eigenvalue weighted by molar-refractivity contribution is 14.1. The molecule has 0 radical (unpaired) electrons. The smallest absolute Gasteiger partial charge is 0.240 e. The van der Waals surface area contributed by atoms with E-state index in [0.717, 1.165) is 60.9 Å². The molecule has 0 saturated carbocycles. The van der Waals surface area contributed by atoms with Crippen LogP contribution in [0.25, 0.3) is 11.3 Å². The van der Waals surface area contributed by atoms with Gasteiger partial charge in [0.05, 0.1) is 40.7 Å². The van der Waals surface area contributed by atoms with Crippen LogP contribution < -0.4 is 13.3 Å². The number of aromatic nitrogens is 4. The van der Waals surface area contributed by atoms with E-state index in [2.05, 4.69) is 48.0 Å². The molecule has 0 spiro atoms. The molecule has 158 valence electrons. The van der Waals surface area contributed by atoms with E-state index in [-0.39, 0.29) is 5.91 Å². The summed E-state index contributed by atoms with van der Waals surface area (Å²) in [5.41, 5.74) is 3.49. The number of benzene rings is 1. The number of para-hydroxylation sites is 1. The van der Waals surface area contributed by atoms with Crippen LogP contribution in [-0.4, -0.2) is 45.5 Å². The molecule has 3 aromatic rings. The van der Waals surface area contributed by atoms with E-state index in [1.807, 2.05) is 30.3 Å². The van der Waals surface area contributed by atoms with Gasteiger partial charge in [-0.1, -0.05) is 18.2 Å². The van der Waals surface area contributed by atoms with Gasteiger partial charge in [0.25, 0.3) is 0 Å². The monoisotopic (exact) mass is 527 g/mol. The molecule has 31 heavy (non-hydrogen) atoms. The van der Waals surface area contributed by atoms with Gasteiger partial charge in [0.1, 0.15) is 0 Å². The standard InChI is InChI=1S/C22H22IN7O/c23-30-18-7-2-1-6-17(18)20-16(11-19(30)31)13-27-21(28-20)26-12-15-5-3-10-29(14-15)22-24-8-4-9-25-22/h1-2,4,6-9,13,15H,3,5,10-12,14H2,(H,26,27,28). The minimum absolute atomic E-state index is 0.0292. The van der Waals surface area contributed by atoms with E-state index in [0.29, 0.717) is 18.3 Å². The molecular weight excluding hydrogens is 505 g/mol. The number of carbonyl (C=O) groups is 1. The van der Waals surface area contributed by atoms with Crippen molar-refractivity contribution in [1.82, 2.24) is 19.9 Å². The summed E-state index contributed by atoms with van der Waals surface area (Å²) in [6.45, 7) is 2.66. The summed E-state index contributed by atoms with van der Waals surface area (Å²) in [6.07, 6.45) is 7.89. The normalized spacial score (nSPS) is 18.2. The number of amides is 1. The molecule has 1 amide bonds. The Morgan fingerprint density at radius 1 is 1.13 bits per heavy atom. The molecule has 9 heteroatoms. The first-order chi connectivity index (χ1) is 15.2. The van der Waals surface area contributed by atoms with Crippen molar-refractivity contribution >= 4 is 46.4 Å². The van der Waals surface area contributed by atoms with E-state index < -0.39 is 0 Å². The van der Waals surface area contributed by atoms with Gasteiger partial charge in [0.15, 0.2) is 0 Å². The number of hydrogen-bond donors (Lipinski definition) is 1. The van der Waals surface area contributed by atoms with Gasteiger partial charge in [0, 0.05) is 49.4 Å². The van der Waals surface area contributed by atoms with Crippen molar-refractivity contribution in [2.24, 2.45) is 5.92 Å². The van der Waals surface area contributed by atoms with Crippen molar-refractivity contribution in [3.8, 4) is 11.3 Å². The second kappa shape index (κ2) is 8.74. The first-order valence-electron chi connectivity index (χ1n) is 10.4. The lowest BCUT2D eigenvalue weighted by Gasteiger charge is -2.32. The highest BCUT2D eigenvalue weighted by Gasteiger charge is 2.26. The molecule has 1 fully saturated rings. The number of nitrogens with zero attached hydrogens (tertiary/aromatic N) is 6. The zero-order valence-corrected chi connectivity index (χ0v) is 19.1. The maximum Gasteiger partial charge on any atom is 0.240 e. The van der Waals surface area contributed by atoms with Gasteiger partial charge in [-0.15, -0.1) is 0 Å². The topological polar surface area (TPSA) is 87.1 Å². The largest absolute Gasteiger partial charge is 0.354 e. The highest BCUT2D eigenvalue weighted by Crippen LogP contribution is 2.37. The van der Waals surface area contributed by atoms with Gasteiger partial charge >= 0.3 is 0 Å². The van der Waals surface area contributed by atoms with Crippen molar-refractivity contribution < 1.29 is 4.79 Å². The maximum absolute atomic E-state index is 12.5. The molecule has 2 aliphatic heterocycles. The molecule has 1 unspecified atom stereocenters. The zero-order chi connectivity index (χ0) is 21.2. The van der Waals surface area contributed by atoms with Crippen molar-refractivity contribution in [3.63, 3.8) is 0 Å². The zero-order valence-electron chi connectivity index (χ0n) is 16.9. The van der Waals surface area contributed by atoms with Crippen LogP contribution in [0.5, 0.6) is 0 Å². The third-order valence-corrected chi connectivity index (χ3v) is 6.76. The Morgan fingerprint density at radius 2 is 1.97 bits per heavy atom. The Labute approximate surface area is 194 Å². The van der Waals surface area contributed by atoms with Gasteiger partial charge in [-0.3, -0.25) is 7.91 Å². The summed E-state index contributed by atoms with van der Waals surface area (Å²) < 4.78 is 1.67. The SMILES string of the molecule is O=C1Cc2cnc(NCC3CCCN(c4ncccn4)C3)nc2-c2ccccc2N1I. The molecule has 4 heterocycles. The second-order valence-electron chi connectivity index (χ2n) is 7.82. The minimum atomic E-state index is 0.0292. The number of halogens is 1. The third-order valence-electron chi connectivity index (χ3n) is 5.70. The average Bonchev–Trinajstić information content (AvgIpc) is 2.93. The van der Waals surface area contributed by atoms with E-state index in [1.54, 1.807) is 21.7 Å². The van der Waals surface area contributed by atoms with Crippen LogP contribution in [0.1, 0.15) is 18.4 Å². The number of carbonyl (C=O) groups excluding carboxylic acids is 1. The highest BCUT2D eigenvalue weighted by atomic mass is 127. The minimum Gasteiger partial charge on any atom is -0.354 e. The molecule has 0 aliphatic carbocycles. The number of anilines is 3. The van der Waals surface area contributed by atoms with E-state index >= 15 is 0 Å². The fourth-order valence-electron chi connectivity index (χ4n) is 4.17. The summed E-state index contributed by atoms with van der Waals surface area (Å²) in [4.78, 5) is 32.8. The van der Waals surface area contributed by atoms with Crippen LogP contribution in [0.15, 0.2) is 48.9 Å². The number of fused-ring (bicyclic) bond motifs is 3. The van der Waals surface area contributed by atoms with Crippen molar-refractivity contribution in [3.05, 3.63) is 54.5 Å². The predicted molar refractivity (Wildman–Crippen MR) is 128 cm³/mol. The maximum atomic E-state index is 12.5. The lowest BCUT2D eigenvalue weighted by Crippen LogP contribution is -2.39. The van der Waals surface area contributed by atoms with Gasteiger partial charge < -0.3 is 10.2 Å². The second-order valence-corrected chi connectivity index (χ2v) is 8.78. The van der Waals surface area contributed by atoms with Crippen molar-refractivity contribution in [1.29, 1.82) is 0 Å². The van der Waals surface area contributed by atoms with Gasteiger partial charge in [0.2, 0.25) is 17.8 Å². The molecule has 0 bridgehead atoms. The third kappa shape index (κ3) is 4.18. The lowest BCUT2D eigenvalue weighted by molar-refractivity contribution is -0.116. The molecule has 1 aromatic carbocycles. The summed E-state index contributed by atoms with van der Waals surface area (Å²) >= 11 is 2.06. The fourth-order valence-corrected chi connectivity index (χ4v) is 4.76. The quantitative estimate of drug-likeness (QED) is 0.411. The number of nitrogens with one attached hydrogen (secondary N) is 1. The number of hydrogen-bond acceptors (Lipinski definition) is 7. The van der Waals surface area contributed by atoms with Crippen LogP contribution >= 0.6 is 22.9 Å². The fraction of sp³-hybridized carbons (Fsp3) is 0.318. The van der Waals surface area contributed by atoms with E-state index in [4.69, 9.17) is 4.98 Å². The van der Waals surface area contributed by atoms with E-state index in [9.17, 15) is 4.79 Å². The lowest BCUT2D eigenvalue weighted by atomic mass is 9.98. The van der Waals surface area contributed by atoms with Crippen molar-refractivity contribution in [2.45, 2.75) is 19.3 Å². The van der Waals surface area contributed by atoms with Crippen LogP contribution in [0.3, 0.4) is 0 Å². The predicted octanol–water partition coefficient (Wildman–Crippen LogP) is 3.50. The van der Waals surface area contributed by atoms with Gasteiger partial charge in [-0.05, 0) is 30.9 Å². The van der Waals surface area contributed by atoms with Crippen molar-refractivity contribution in [2.75, 3.05) is 33.0 Å². The van der Waals surface area contributed by atoms with Crippen LogP contribution in [0.4, 0.5) is 17.6 Å². The molecule has 1 N–H and O–H groups in total. The molecule has 1 atom stereocenters. The summed E-state index contributed by atoms with van der Waals surface area (Å²) in [5, 5.41) is 3.42. The Kier molecular flexibility index (Phi) is 5.66. The number of piperidine rings is 1.